The summed E-state index contributed by atoms with van der Waals surface area (Å²) in [6, 6.07) is 14.6. The number of rotatable bonds is 5. The minimum Gasteiger partial charge on any atom is -0.447 e. The molecule has 2 aliphatic rings. The molecule has 1 N–H and O–H groups in total. The maximum atomic E-state index is 13.5. The van der Waals surface area contributed by atoms with Gasteiger partial charge in [0.25, 0.3) is 5.91 Å². The number of hydrogen-bond acceptors (Lipinski definition) is 4. The summed E-state index contributed by atoms with van der Waals surface area (Å²) in [5.74, 6) is 0.452. The minimum atomic E-state index is -0.351. The van der Waals surface area contributed by atoms with Gasteiger partial charge in [-0.2, -0.15) is 0 Å². The average molecular weight is 432 g/mol. The molecule has 6 heteroatoms. The van der Waals surface area contributed by atoms with E-state index in [4.69, 9.17) is 4.74 Å². The van der Waals surface area contributed by atoms with Crippen molar-refractivity contribution in [2.45, 2.75) is 44.2 Å². The highest BCUT2D eigenvalue weighted by molar-refractivity contribution is 6.04. The van der Waals surface area contributed by atoms with Gasteiger partial charge in [-0.05, 0) is 81.1 Å². The molecule has 1 aromatic heterocycles. The molecule has 1 unspecified atom stereocenters. The van der Waals surface area contributed by atoms with Gasteiger partial charge >= 0.3 is 6.09 Å². The molecule has 1 atom stereocenters. The van der Waals surface area contributed by atoms with Crippen molar-refractivity contribution in [2.75, 3.05) is 20.7 Å². The van der Waals surface area contributed by atoms with E-state index < -0.39 is 0 Å². The van der Waals surface area contributed by atoms with E-state index in [-0.39, 0.29) is 18.0 Å². The second-order valence-corrected chi connectivity index (χ2v) is 9.36. The summed E-state index contributed by atoms with van der Waals surface area (Å²) in [6.45, 7) is 2.37. The van der Waals surface area contributed by atoms with Crippen LogP contribution in [-0.4, -0.2) is 54.3 Å². The summed E-state index contributed by atoms with van der Waals surface area (Å²) in [6.07, 6.45) is 4.61. The molecule has 1 aliphatic heterocycles. The van der Waals surface area contributed by atoms with Crippen LogP contribution in [0.1, 0.15) is 45.8 Å². The minimum absolute atomic E-state index is 0.00652. The monoisotopic (exact) mass is 431 g/mol. The number of alkyl carbamates (subject to hydrolysis) is 1. The first-order valence-electron chi connectivity index (χ1n) is 11.2. The molecular formula is C26H29N3O3. The molecule has 32 heavy (non-hydrogen) atoms. The lowest BCUT2D eigenvalue weighted by atomic mass is 9.75. The van der Waals surface area contributed by atoms with Crippen LogP contribution >= 0.6 is 0 Å². The number of aromatic nitrogens is 1. The molecule has 0 bridgehead atoms. The molecular weight excluding hydrogens is 402 g/mol. The quantitative estimate of drug-likeness (QED) is 0.661. The molecule has 0 radical (unpaired) electrons. The first-order valence-corrected chi connectivity index (χ1v) is 11.2. The van der Waals surface area contributed by atoms with Gasteiger partial charge in [-0.3, -0.25) is 9.36 Å². The van der Waals surface area contributed by atoms with Crippen molar-refractivity contribution < 1.29 is 14.3 Å². The Kier molecular flexibility index (Phi) is 5.25. The second-order valence-electron chi connectivity index (χ2n) is 9.36. The van der Waals surface area contributed by atoms with E-state index in [1.165, 1.54) is 5.56 Å². The van der Waals surface area contributed by atoms with Crippen LogP contribution in [0.2, 0.25) is 0 Å². The highest BCUT2D eigenvalue weighted by Crippen LogP contribution is 2.43. The first-order chi connectivity index (χ1) is 15.4. The standard InChI is InChI=1S/C26H29N3O3/c1-16-6-4-5-7-21(16)25(30)29-14-23(18-12-20(13-18)28(2)3)22-11-17(8-9-24(22)29)10-19-15-32-26(31)27-19/h4-9,11,14,18-20H,10,12-13,15H2,1-3H3,(H,27,31). The SMILES string of the molecule is Cc1ccccc1C(=O)n1cc(C2CC(N(C)C)C2)c2cc(CC3COC(=O)N3)ccc21. The third kappa shape index (κ3) is 3.69. The van der Waals surface area contributed by atoms with Crippen molar-refractivity contribution in [3.8, 4) is 0 Å². The zero-order valence-electron chi connectivity index (χ0n) is 18.8. The maximum Gasteiger partial charge on any atom is 0.407 e. The molecule has 1 amide bonds. The zero-order valence-corrected chi connectivity index (χ0v) is 18.8. The summed E-state index contributed by atoms with van der Waals surface area (Å²) >= 11 is 0. The van der Waals surface area contributed by atoms with Gasteiger partial charge in [-0.15, -0.1) is 0 Å². The molecule has 1 saturated carbocycles. The summed E-state index contributed by atoms with van der Waals surface area (Å²) in [7, 11) is 4.25. The van der Waals surface area contributed by atoms with Crippen molar-refractivity contribution in [2.24, 2.45) is 0 Å². The lowest BCUT2D eigenvalue weighted by Crippen LogP contribution is -2.39. The number of aryl methyl sites for hydroxylation is 1. The van der Waals surface area contributed by atoms with Crippen molar-refractivity contribution >= 4 is 22.9 Å². The fourth-order valence-corrected chi connectivity index (χ4v) is 4.95. The van der Waals surface area contributed by atoms with Gasteiger partial charge in [-0.1, -0.05) is 24.3 Å². The molecule has 2 fully saturated rings. The lowest BCUT2D eigenvalue weighted by molar-refractivity contribution is 0.0963. The Bertz CT molecular complexity index is 1190. The smallest absolute Gasteiger partial charge is 0.407 e. The Hall–Kier alpha value is -3.12. The molecule has 1 saturated heterocycles. The Morgan fingerprint density at radius 2 is 1.97 bits per heavy atom. The van der Waals surface area contributed by atoms with Crippen LogP contribution in [0.3, 0.4) is 0 Å². The van der Waals surface area contributed by atoms with Gasteiger partial charge < -0.3 is 15.0 Å². The van der Waals surface area contributed by atoms with Crippen LogP contribution in [0.15, 0.2) is 48.7 Å². The summed E-state index contributed by atoms with van der Waals surface area (Å²) in [4.78, 5) is 27.2. The molecule has 0 spiro atoms. The first kappa shape index (κ1) is 20.8. The third-order valence-electron chi connectivity index (χ3n) is 7.00. The number of amides is 1. The van der Waals surface area contributed by atoms with Gasteiger partial charge in [0, 0.05) is 23.2 Å². The van der Waals surface area contributed by atoms with Crippen LogP contribution in [0, 0.1) is 6.92 Å². The van der Waals surface area contributed by atoms with Gasteiger partial charge in [-0.25, -0.2) is 4.79 Å². The van der Waals surface area contributed by atoms with E-state index in [1.807, 2.05) is 41.8 Å². The van der Waals surface area contributed by atoms with Crippen LogP contribution < -0.4 is 5.32 Å². The van der Waals surface area contributed by atoms with Crippen molar-refractivity contribution in [3.63, 3.8) is 0 Å². The highest BCUT2D eigenvalue weighted by Gasteiger charge is 2.34. The number of fused-ring (bicyclic) bond motifs is 1. The second kappa shape index (κ2) is 8.10. The van der Waals surface area contributed by atoms with E-state index in [0.717, 1.165) is 40.4 Å². The van der Waals surface area contributed by atoms with Crippen LogP contribution in [0.4, 0.5) is 4.79 Å². The lowest BCUT2D eigenvalue weighted by Gasteiger charge is -2.39. The third-order valence-corrected chi connectivity index (χ3v) is 7.00. The maximum absolute atomic E-state index is 13.5. The molecule has 6 nitrogen and oxygen atoms in total. The number of ether oxygens (including phenoxy) is 1. The van der Waals surface area contributed by atoms with Gasteiger partial charge in [0.2, 0.25) is 0 Å². The predicted molar refractivity (Wildman–Crippen MR) is 124 cm³/mol. The normalized spacial score (nSPS) is 22.6. The molecule has 2 heterocycles. The van der Waals surface area contributed by atoms with E-state index in [0.29, 0.717) is 25.0 Å². The summed E-state index contributed by atoms with van der Waals surface area (Å²) in [5.41, 5.74) is 5.03. The number of carbonyl (C=O) groups is 2. The average Bonchev–Trinajstić information content (AvgIpc) is 3.30. The van der Waals surface area contributed by atoms with E-state index >= 15 is 0 Å². The van der Waals surface area contributed by atoms with E-state index in [9.17, 15) is 9.59 Å². The number of carbonyl (C=O) groups excluding carboxylic acids is 2. The van der Waals surface area contributed by atoms with Crippen LogP contribution in [-0.2, 0) is 11.2 Å². The predicted octanol–water partition coefficient (Wildman–Crippen LogP) is 4.10. The highest BCUT2D eigenvalue weighted by atomic mass is 16.6. The van der Waals surface area contributed by atoms with E-state index in [2.05, 4.69) is 42.6 Å². The van der Waals surface area contributed by atoms with Gasteiger partial charge in [0.05, 0.1) is 11.6 Å². The number of nitrogens with one attached hydrogen (secondary N) is 1. The topological polar surface area (TPSA) is 63.6 Å². The zero-order chi connectivity index (χ0) is 22.4. The number of nitrogens with zero attached hydrogens (tertiary/aromatic N) is 2. The molecule has 166 valence electrons. The fraction of sp³-hybridized carbons (Fsp3) is 0.385. The number of cyclic esters (lactones) is 1. The van der Waals surface area contributed by atoms with Crippen molar-refractivity contribution in [3.05, 3.63) is 70.9 Å². The van der Waals surface area contributed by atoms with E-state index in [1.54, 1.807) is 0 Å². The van der Waals surface area contributed by atoms with Crippen LogP contribution in [0.25, 0.3) is 10.9 Å². The molecule has 3 aromatic rings. The number of hydrogen-bond donors (Lipinski definition) is 1. The number of benzene rings is 2. The Morgan fingerprint density at radius 1 is 1.19 bits per heavy atom. The van der Waals surface area contributed by atoms with Crippen molar-refractivity contribution in [1.29, 1.82) is 0 Å². The Labute approximate surface area is 188 Å². The Morgan fingerprint density at radius 3 is 2.66 bits per heavy atom. The van der Waals surface area contributed by atoms with Gasteiger partial charge in [0.15, 0.2) is 0 Å². The van der Waals surface area contributed by atoms with Crippen LogP contribution in [0.5, 0.6) is 0 Å². The summed E-state index contributed by atoms with van der Waals surface area (Å²) in [5, 5.41) is 3.99. The summed E-state index contributed by atoms with van der Waals surface area (Å²) < 4.78 is 6.86. The molecule has 1 aliphatic carbocycles. The fourth-order valence-electron chi connectivity index (χ4n) is 4.95. The van der Waals surface area contributed by atoms with Gasteiger partial charge in [0.1, 0.15) is 6.61 Å². The molecule has 5 rings (SSSR count). The Balaban J connectivity index is 1.53. The largest absolute Gasteiger partial charge is 0.447 e. The van der Waals surface area contributed by atoms with Crippen molar-refractivity contribution in [1.82, 2.24) is 14.8 Å². The molecule has 2 aromatic carbocycles.